The highest BCUT2D eigenvalue weighted by Gasteiger charge is 2.22. The molecule has 0 atom stereocenters. The molecule has 0 aliphatic rings. The molecular formula is C17H18ClN3O4S. The van der Waals surface area contributed by atoms with Crippen molar-refractivity contribution in [2.24, 2.45) is 16.5 Å². The van der Waals surface area contributed by atoms with Gasteiger partial charge in [0.2, 0.25) is 0 Å². The predicted octanol–water partition coefficient (Wildman–Crippen LogP) is 2.51. The van der Waals surface area contributed by atoms with Crippen molar-refractivity contribution in [1.82, 2.24) is 0 Å². The van der Waals surface area contributed by atoms with Gasteiger partial charge in [0.15, 0.2) is 15.8 Å². The highest BCUT2D eigenvalue weighted by molar-refractivity contribution is 7.90. The largest absolute Gasteiger partial charge is 0.456 e. The van der Waals surface area contributed by atoms with Gasteiger partial charge >= 0.3 is 0 Å². The van der Waals surface area contributed by atoms with Crippen molar-refractivity contribution < 1.29 is 17.9 Å². The van der Waals surface area contributed by atoms with Crippen LogP contribution < -0.4 is 16.2 Å². The van der Waals surface area contributed by atoms with E-state index in [-0.39, 0.29) is 16.2 Å². The van der Waals surface area contributed by atoms with E-state index in [1.165, 1.54) is 12.1 Å². The predicted molar refractivity (Wildman–Crippen MR) is 101 cm³/mol. The lowest BCUT2D eigenvalue weighted by atomic mass is 10.0. The Kier molecular flexibility index (Phi) is 5.89. The lowest BCUT2D eigenvalue weighted by molar-refractivity contribution is 0.100. The molecule has 0 saturated carbocycles. The Morgan fingerprint density at radius 2 is 1.81 bits per heavy atom. The molecule has 26 heavy (non-hydrogen) atoms. The lowest BCUT2D eigenvalue weighted by Crippen LogP contribution is -2.24. The Balaban J connectivity index is 2.62. The molecule has 0 aromatic heterocycles. The molecule has 7 nitrogen and oxygen atoms in total. The first-order chi connectivity index (χ1) is 12.1. The third-order valence-corrected chi connectivity index (χ3v) is 4.82. The van der Waals surface area contributed by atoms with Crippen molar-refractivity contribution in [3.05, 3.63) is 52.5 Å². The van der Waals surface area contributed by atoms with Gasteiger partial charge in [-0.25, -0.2) is 8.42 Å². The van der Waals surface area contributed by atoms with Gasteiger partial charge in [-0.1, -0.05) is 18.5 Å². The molecule has 0 radical (unpaired) electrons. The van der Waals surface area contributed by atoms with E-state index in [2.05, 4.69) is 4.99 Å². The summed E-state index contributed by atoms with van der Waals surface area (Å²) < 4.78 is 30.1. The third-order valence-electron chi connectivity index (χ3n) is 3.45. The molecule has 0 aliphatic carbocycles. The number of hydrogen-bond acceptors (Lipinski definition) is 4. The first kappa shape index (κ1) is 19.7. The van der Waals surface area contributed by atoms with Crippen molar-refractivity contribution in [3.63, 3.8) is 0 Å². The summed E-state index contributed by atoms with van der Waals surface area (Å²) in [6, 6.07) is 9.19. The zero-order valence-corrected chi connectivity index (χ0v) is 15.8. The smallest absolute Gasteiger partial charge is 0.280 e. The average molecular weight is 396 g/mol. The van der Waals surface area contributed by atoms with E-state index < -0.39 is 21.7 Å². The van der Waals surface area contributed by atoms with Crippen LogP contribution in [0.25, 0.3) is 0 Å². The molecule has 0 heterocycles. The topological polar surface area (TPSA) is 125 Å². The Morgan fingerprint density at radius 1 is 1.19 bits per heavy atom. The molecule has 0 fully saturated rings. The number of halogens is 1. The normalized spacial score (nSPS) is 11.0. The highest BCUT2D eigenvalue weighted by Crippen LogP contribution is 2.33. The van der Waals surface area contributed by atoms with E-state index in [1.807, 2.05) is 6.92 Å². The van der Waals surface area contributed by atoms with Gasteiger partial charge in [-0.2, -0.15) is 4.99 Å². The number of carbonyl (C=O) groups is 1. The van der Waals surface area contributed by atoms with Crippen molar-refractivity contribution in [1.29, 1.82) is 0 Å². The molecule has 0 spiro atoms. The Bertz CT molecular complexity index is 966. The number of aryl methyl sites for hydroxylation is 1. The molecule has 2 aromatic carbocycles. The Hall–Kier alpha value is -2.58. The van der Waals surface area contributed by atoms with E-state index in [0.717, 1.165) is 6.26 Å². The second kappa shape index (κ2) is 7.76. The van der Waals surface area contributed by atoms with Gasteiger partial charge in [0.1, 0.15) is 16.4 Å². The number of amides is 1. The van der Waals surface area contributed by atoms with Crippen molar-refractivity contribution in [2.45, 2.75) is 18.2 Å². The highest BCUT2D eigenvalue weighted by atomic mass is 35.5. The maximum absolute atomic E-state index is 12.2. The van der Waals surface area contributed by atoms with Gasteiger partial charge in [-0.15, -0.1) is 0 Å². The minimum absolute atomic E-state index is 0.102. The van der Waals surface area contributed by atoms with Gasteiger partial charge in [-0.3, -0.25) is 4.79 Å². The molecule has 138 valence electrons. The summed E-state index contributed by atoms with van der Waals surface area (Å²) in [5, 5.41) is 0.521. The average Bonchev–Trinajstić information content (AvgIpc) is 2.54. The fourth-order valence-electron chi connectivity index (χ4n) is 2.27. The number of nitrogens with zero attached hydrogens (tertiary/aromatic N) is 1. The van der Waals surface area contributed by atoms with Gasteiger partial charge in [0.05, 0.1) is 0 Å². The van der Waals surface area contributed by atoms with E-state index in [0.29, 0.717) is 22.8 Å². The molecule has 0 saturated heterocycles. The SMILES string of the molecule is CCc1cc(Oc2ccc(Cl)cc2)c(S(C)(=O)=O)cc1C(=O)N=C(N)N. The number of nitrogens with two attached hydrogens (primary N) is 2. The fourth-order valence-corrected chi connectivity index (χ4v) is 3.19. The monoisotopic (exact) mass is 395 g/mol. The van der Waals surface area contributed by atoms with Crippen molar-refractivity contribution in [2.75, 3.05) is 6.26 Å². The standard InChI is InChI=1S/C17H18ClN3O4S/c1-3-10-8-14(25-12-6-4-11(18)5-7-12)15(26(2,23)24)9-13(10)16(22)21-17(19)20/h4-9H,3H2,1-2H3,(H4,19,20,21,22). The molecule has 0 unspecified atom stereocenters. The quantitative estimate of drug-likeness (QED) is 0.591. The van der Waals surface area contributed by atoms with Gasteiger partial charge in [-0.05, 0) is 48.4 Å². The number of sulfone groups is 1. The molecular weight excluding hydrogens is 378 g/mol. The molecule has 2 aromatic rings. The molecule has 0 bridgehead atoms. The minimum Gasteiger partial charge on any atom is -0.456 e. The van der Waals surface area contributed by atoms with Crippen LogP contribution in [0.4, 0.5) is 0 Å². The first-order valence-electron chi connectivity index (χ1n) is 7.56. The summed E-state index contributed by atoms with van der Waals surface area (Å²) in [7, 11) is -3.69. The second-order valence-corrected chi connectivity index (χ2v) is 7.90. The number of hydrogen-bond donors (Lipinski definition) is 2. The molecule has 0 aliphatic heterocycles. The van der Waals surface area contributed by atoms with Crippen LogP contribution in [0.15, 0.2) is 46.3 Å². The number of rotatable bonds is 5. The summed E-state index contributed by atoms with van der Waals surface area (Å²) in [6.07, 6.45) is 1.47. The zero-order valence-electron chi connectivity index (χ0n) is 14.2. The third kappa shape index (κ3) is 4.74. The Morgan fingerprint density at radius 3 is 2.31 bits per heavy atom. The van der Waals surface area contributed by atoms with E-state index >= 15 is 0 Å². The van der Waals surface area contributed by atoms with Crippen molar-refractivity contribution >= 4 is 33.3 Å². The molecule has 4 N–H and O–H groups in total. The van der Waals surface area contributed by atoms with Crippen LogP contribution in [0.3, 0.4) is 0 Å². The van der Waals surface area contributed by atoms with E-state index in [1.54, 1.807) is 24.3 Å². The minimum atomic E-state index is -3.69. The summed E-state index contributed by atoms with van der Waals surface area (Å²) in [6.45, 7) is 1.81. The van der Waals surface area contributed by atoms with Crippen LogP contribution in [-0.2, 0) is 16.3 Å². The summed E-state index contributed by atoms with van der Waals surface area (Å²) >= 11 is 5.84. The second-order valence-electron chi connectivity index (χ2n) is 5.48. The van der Waals surface area contributed by atoms with Crippen LogP contribution in [0.1, 0.15) is 22.8 Å². The number of carbonyl (C=O) groups excluding carboxylic acids is 1. The summed E-state index contributed by atoms with van der Waals surface area (Å²) in [4.78, 5) is 15.6. The first-order valence-corrected chi connectivity index (χ1v) is 9.83. The summed E-state index contributed by atoms with van der Waals surface area (Å²) in [5.74, 6) is -0.609. The summed E-state index contributed by atoms with van der Waals surface area (Å²) in [5.41, 5.74) is 11.1. The lowest BCUT2D eigenvalue weighted by Gasteiger charge is -2.14. The van der Waals surface area contributed by atoms with Gasteiger partial charge in [0.25, 0.3) is 5.91 Å². The molecule has 2 rings (SSSR count). The zero-order chi connectivity index (χ0) is 19.5. The number of ether oxygens (including phenoxy) is 1. The number of benzene rings is 2. The Labute approximate surface area is 156 Å². The number of aliphatic imine (C=N–C) groups is 1. The maximum Gasteiger partial charge on any atom is 0.280 e. The number of guanidine groups is 1. The van der Waals surface area contributed by atoms with Gasteiger partial charge < -0.3 is 16.2 Å². The molecule has 9 heteroatoms. The van der Waals surface area contributed by atoms with Crippen LogP contribution >= 0.6 is 11.6 Å². The fraction of sp³-hybridized carbons (Fsp3) is 0.176. The van der Waals surface area contributed by atoms with E-state index in [9.17, 15) is 13.2 Å². The van der Waals surface area contributed by atoms with E-state index in [4.69, 9.17) is 27.8 Å². The van der Waals surface area contributed by atoms with Crippen LogP contribution in [0.5, 0.6) is 11.5 Å². The molecule has 1 amide bonds. The van der Waals surface area contributed by atoms with Crippen LogP contribution in [0, 0.1) is 0 Å². The van der Waals surface area contributed by atoms with Crippen LogP contribution in [0.2, 0.25) is 5.02 Å². The van der Waals surface area contributed by atoms with Gasteiger partial charge in [0, 0.05) is 16.8 Å². The van der Waals surface area contributed by atoms with Crippen molar-refractivity contribution in [3.8, 4) is 11.5 Å². The van der Waals surface area contributed by atoms with Crippen LogP contribution in [-0.4, -0.2) is 26.5 Å². The maximum atomic E-state index is 12.2.